The van der Waals surface area contributed by atoms with E-state index >= 15 is 0 Å². The van der Waals surface area contributed by atoms with Gasteiger partial charge in [0.2, 0.25) is 0 Å². The summed E-state index contributed by atoms with van der Waals surface area (Å²) < 4.78 is 4.86. The molecule has 0 spiro atoms. The van der Waals surface area contributed by atoms with Crippen molar-refractivity contribution >= 4 is 39.6 Å². The Morgan fingerprint density at radius 1 is 1.22 bits per heavy atom. The number of carbonyl (C=O) groups is 1. The molecule has 0 atom stereocenters. The quantitative estimate of drug-likeness (QED) is 0.647. The summed E-state index contributed by atoms with van der Waals surface area (Å²) in [5.74, 6) is -0.351. The molecular weight excluding hydrogens is 328 g/mol. The van der Waals surface area contributed by atoms with Crippen molar-refractivity contribution in [2.24, 2.45) is 0 Å². The maximum absolute atomic E-state index is 11.9. The van der Waals surface area contributed by atoms with Gasteiger partial charge in [-0.3, -0.25) is 0 Å². The van der Waals surface area contributed by atoms with E-state index in [0.29, 0.717) is 22.2 Å². The van der Waals surface area contributed by atoms with E-state index in [1.54, 1.807) is 0 Å². The van der Waals surface area contributed by atoms with Crippen LogP contribution in [0.1, 0.15) is 31.9 Å². The van der Waals surface area contributed by atoms with E-state index in [1.165, 1.54) is 24.0 Å². The Kier molecular flexibility index (Phi) is 5.74. The van der Waals surface area contributed by atoms with Gasteiger partial charge in [-0.05, 0) is 44.1 Å². The first kappa shape index (κ1) is 17.4. The van der Waals surface area contributed by atoms with E-state index in [9.17, 15) is 4.79 Å². The fourth-order valence-corrected chi connectivity index (χ4v) is 3.39. The first-order valence-corrected chi connectivity index (χ1v) is 8.43. The number of thiophene rings is 1. The highest BCUT2D eigenvalue weighted by Crippen LogP contribution is 2.32. The Morgan fingerprint density at radius 3 is 2.48 bits per heavy atom. The van der Waals surface area contributed by atoms with Crippen molar-refractivity contribution in [3.63, 3.8) is 0 Å². The summed E-state index contributed by atoms with van der Waals surface area (Å²) in [6, 6.07) is 8.25. The number of esters is 1. The van der Waals surface area contributed by atoms with E-state index in [4.69, 9.17) is 17.0 Å². The number of ether oxygens (including phenoxy) is 1. The Hall–Kier alpha value is -1.92. The van der Waals surface area contributed by atoms with E-state index in [1.807, 2.05) is 13.8 Å². The Balaban J connectivity index is 2.04. The molecule has 0 unspecified atom stereocenters. The number of hydrogen-bond acceptors (Lipinski definition) is 4. The summed E-state index contributed by atoms with van der Waals surface area (Å²) in [6.45, 7) is 6.56. The summed E-state index contributed by atoms with van der Waals surface area (Å²) >= 11 is 6.83. The van der Waals surface area contributed by atoms with Crippen LogP contribution >= 0.6 is 23.6 Å². The topological polar surface area (TPSA) is 50.4 Å². The zero-order valence-electron chi connectivity index (χ0n) is 13.6. The van der Waals surface area contributed by atoms with Gasteiger partial charge in [-0.25, -0.2) is 4.79 Å². The third kappa shape index (κ3) is 4.30. The van der Waals surface area contributed by atoms with Gasteiger partial charge < -0.3 is 15.4 Å². The monoisotopic (exact) mass is 348 g/mol. The summed E-state index contributed by atoms with van der Waals surface area (Å²) in [6.07, 6.45) is 0. The first-order chi connectivity index (χ1) is 10.9. The largest absolute Gasteiger partial charge is 0.465 e. The van der Waals surface area contributed by atoms with Gasteiger partial charge in [0.1, 0.15) is 5.00 Å². The van der Waals surface area contributed by atoms with Crippen molar-refractivity contribution in [1.82, 2.24) is 5.32 Å². The summed E-state index contributed by atoms with van der Waals surface area (Å²) in [4.78, 5) is 13.0. The van der Waals surface area contributed by atoms with Gasteiger partial charge in [0.05, 0.1) is 12.7 Å². The predicted octanol–water partition coefficient (Wildman–Crippen LogP) is 3.95. The maximum Gasteiger partial charge on any atom is 0.341 e. The van der Waals surface area contributed by atoms with Crippen molar-refractivity contribution < 1.29 is 9.53 Å². The van der Waals surface area contributed by atoms with Crippen molar-refractivity contribution in [2.45, 2.75) is 27.3 Å². The number of benzene rings is 1. The number of aryl methyl sites for hydroxylation is 2. The number of anilines is 1. The molecule has 23 heavy (non-hydrogen) atoms. The van der Waals surface area contributed by atoms with Crippen LogP contribution in [-0.2, 0) is 11.3 Å². The van der Waals surface area contributed by atoms with Gasteiger partial charge >= 0.3 is 5.97 Å². The molecule has 0 radical (unpaired) electrons. The Labute approximate surface area is 145 Å². The fraction of sp³-hybridized carbons (Fsp3) is 0.294. The highest BCUT2D eigenvalue weighted by Gasteiger charge is 2.20. The molecule has 0 aliphatic carbocycles. The van der Waals surface area contributed by atoms with Crippen LogP contribution in [0.25, 0.3) is 0 Å². The van der Waals surface area contributed by atoms with Gasteiger partial charge in [-0.1, -0.05) is 29.8 Å². The van der Waals surface area contributed by atoms with Crippen LogP contribution in [0.5, 0.6) is 0 Å². The fourth-order valence-electron chi connectivity index (χ4n) is 2.10. The molecular formula is C17H20N2O2S2. The van der Waals surface area contributed by atoms with Crippen LogP contribution in [0, 0.1) is 20.8 Å². The molecule has 1 heterocycles. The molecule has 122 valence electrons. The molecule has 4 nitrogen and oxygen atoms in total. The molecule has 2 aromatic rings. The molecule has 2 rings (SSSR count). The maximum atomic E-state index is 11.9. The number of rotatable bonds is 4. The van der Waals surface area contributed by atoms with E-state index in [-0.39, 0.29) is 5.97 Å². The van der Waals surface area contributed by atoms with Crippen LogP contribution in [-0.4, -0.2) is 18.2 Å². The second-order valence-electron chi connectivity index (χ2n) is 5.27. The zero-order chi connectivity index (χ0) is 17.0. The number of nitrogens with one attached hydrogen (secondary N) is 2. The van der Waals surface area contributed by atoms with Gasteiger partial charge in [-0.15, -0.1) is 11.3 Å². The number of methoxy groups -OCH3 is 1. The van der Waals surface area contributed by atoms with Crippen LogP contribution in [0.3, 0.4) is 0 Å². The Morgan fingerprint density at radius 2 is 1.87 bits per heavy atom. The van der Waals surface area contributed by atoms with Crippen LogP contribution < -0.4 is 10.6 Å². The molecule has 0 amide bonds. The molecule has 0 saturated heterocycles. The number of thiocarbonyl (C=S) groups is 1. The summed E-state index contributed by atoms with van der Waals surface area (Å²) in [5, 5.41) is 7.46. The average molecular weight is 348 g/mol. The normalized spacial score (nSPS) is 10.3. The smallest absolute Gasteiger partial charge is 0.341 e. The van der Waals surface area contributed by atoms with E-state index in [0.717, 1.165) is 16.0 Å². The predicted molar refractivity (Wildman–Crippen MR) is 99.4 cm³/mol. The van der Waals surface area contributed by atoms with E-state index in [2.05, 4.69) is 41.8 Å². The Bertz CT molecular complexity index is 721. The highest BCUT2D eigenvalue weighted by molar-refractivity contribution is 7.80. The van der Waals surface area contributed by atoms with Gasteiger partial charge in [-0.2, -0.15) is 0 Å². The lowest BCUT2D eigenvalue weighted by atomic mass is 10.1. The lowest BCUT2D eigenvalue weighted by molar-refractivity contribution is 0.0601. The first-order valence-electron chi connectivity index (χ1n) is 7.21. The van der Waals surface area contributed by atoms with E-state index < -0.39 is 0 Å². The minimum Gasteiger partial charge on any atom is -0.465 e. The second-order valence-corrected chi connectivity index (χ2v) is 6.91. The van der Waals surface area contributed by atoms with Crippen LogP contribution in [0.15, 0.2) is 24.3 Å². The molecule has 0 aliphatic rings. The summed E-state index contributed by atoms with van der Waals surface area (Å²) in [5.41, 5.74) is 3.84. The van der Waals surface area contributed by atoms with Gasteiger partial charge in [0.15, 0.2) is 5.11 Å². The standard InChI is InChI=1S/C17H20N2O2S2/c1-10-5-7-13(8-6-10)9-18-17(22)19-15-14(16(20)21-4)11(2)12(3)23-15/h5-8H,9H2,1-4H3,(H2,18,19,22). The molecule has 1 aromatic carbocycles. The zero-order valence-corrected chi connectivity index (χ0v) is 15.3. The van der Waals surface area contributed by atoms with Crippen molar-refractivity contribution in [2.75, 3.05) is 12.4 Å². The summed E-state index contributed by atoms with van der Waals surface area (Å²) in [7, 11) is 1.38. The third-order valence-corrected chi connectivity index (χ3v) is 4.94. The third-order valence-electron chi connectivity index (χ3n) is 3.58. The molecule has 6 heteroatoms. The average Bonchev–Trinajstić information content (AvgIpc) is 2.80. The molecule has 0 fully saturated rings. The molecule has 0 aliphatic heterocycles. The number of carbonyl (C=O) groups excluding carboxylic acids is 1. The van der Waals surface area contributed by atoms with Crippen molar-refractivity contribution in [3.8, 4) is 0 Å². The lowest BCUT2D eigenvalue weighted by Gasteiger charge is -2.11. The van der Waals surface area contributed by atoms with Gasteiger partial charge in [0, 0.05) is 11.4 Å². The molecule has 2 N–H and O–H groups in total. The molecule has 1 aromatic heterocycles. The molecule has 0 bridgehead atoms. The highest BCUT2D eigenvalue weighted by atomic mass is 32.1. The minimum atomic E-state index is -0.351. The number of hydrogen-bond donors (Lipinski definition) is 2. The minimum absolute atomic E-state index is 0.351. The second kappa shape index (κ2) is 7.57. The van der Waals surface area contributed by atoms with Crippen LogP contribution in [0.2, 0.25) is 0 Å². The van der Waals surface area contributed by atoms with Crippen molar-refractivity contribution in [3.05, 3.63) is 51.4 Å². The lowest BCUT2D eigenvalue weighted by Crippen LogP contribution is -2.28. The van der Waals surface area contributed by atoms with Crippen LogP contribution in [0.4, 0.5) is 5.00 Å². The van der Waals surface area contributed by atoms with Gasteiger partial charge in [0.25, 0.3) is 0 Å². The molecule has 0 saturated carbocycles. The SMILES string of the molecule is COC(=O)c1c(NC(=S)NCc2ccc(C)cc2)sc(C)c1C. The van der Waals surface area contributed by atoms with Crippen molar-refractivity contribution in [1.29, 1.82) is 0 Å².